The lowest BCUT2D eigenvalue weighted by Gasteiger charge is -2.50. The van der Waals surface area contributed by atoms with Gasteiger partial charge in [-0.25, -0.2) is 14.4 Å². The van der Waals surface area contributed by atoms with Gasteiger partial charge in [-0.2, -0.15) is 23.5 Å². The molecule has 38 heavy (non-hydrogen) atoms. The quantitative estimate of drug-likeness (QED) is 0.191. The van der Waals surface area contributed by atoms with Gasteiger partial charge in [-0.3, -0.25) is 10.00 Å². The summed E-state index contributed by atoms with van der Waals surface area (Å²) in [5.74, 6) is -0.523. The van der Waals surface area contributed by atoms with Crippen LogP contribution in [0, 0.1) is 17.1 Å². The summed E-state index contributed by atoms with van der Waals surface area (Å²) in [4.78, 5) is 13.6. The van der Waals surface area contributed by atoms with Crippen molar-refractivity contribution in [1.29, 1.82) is 5.26 Å². The highest BCUT2D eigenvalue weighted by Gasteiger charge is 2.46. The van der Waals surface area contributed by atoms with E-state index in [-0.39, 0.29) is 25.3 Å². The fourth-order valence-corrected chi connectivity index (χ4v) is 4.45. The third kappa shape index (κ3) is 4.92. The minimum atomic E-state index is -4.38. The standard InChI is InChI=1S/C25H24F4N8O/c1-16(25(27,28)29)34-15-38-11-17-2-3-19(8-21(17)26)36-12-24(13-36,5-6-30)37-10-18(9-35-37)22-20-4-7-31-23(20)33-14-32-22/h2-4,7-10,14,16,34H,5,11-13,15H2,1H3,(H,31,32,33)/t16-/m0/s1. The number of aromatic amines is 1. The molecule has 0 saturated carbocycles. The van der Waals surface area contributed by atoms with Gasteiger partial charge in [-0.1, -0.05) is 6.07 Å². The lowest BCUT2D eigenvalue weighted by Crippen LogP contribution is -2.63. The van der Waals surface area contributed by atoms with E-state index in [0.29, 0.717) is 24.4 Å². The molecule has 13 heteroatoms. The molecule has 0 amide bonds. The number of nitriles is 1. The first-order valence-electron chi connectivity index (χ1n) is 11.8. The molecule has 1 saturated heterocycles. The number of ether oxygens (including phenoxy) is 1. The number of hydrogen-bond acceptors (Lipinski definition) is 7. The van der Waals surface area contributed by atoms with E-state index in [1.165, 1.54) is 12.4 Å². The van der Waals surface area contributed by atoms with Crippen molar-refractivity contribution in [3.63, 3.8) is 0 Å². The van der Waals surface area contributed by atoms with Crippen LogP contribution in [0.5, 0.6) is 0 Å². The Hall–Kier alpha value is -4.02. The molecule has 0 radical (unpaired) electrons. The van der Waals surface area contributed by atoms with Gasteiger partial charge in [-0.15, -0.1) is 0 Å². The third-order valence-electron chi connectivity index (χ3n) is 6.72. The Balaban J connectivity index is 1.24. The molecular weight excluding hydrogens is 504 g/mol. The van der Waals surface area contributed by atoms with E-state index in [0.717, 1.165) is 23.6 Å². The summed E-state index contributed by atoms with van der Waals surface area (Å²) in [5, 5.41) is 17.1. The Kier molecular flexibility index (Phi) is 6.77. The van der Waals surface area contributed by atoms with Crippen molar-refractivity contribution in [2.75, 3.05) is 24.7 Å². The van der Waals surface area contributed by atoms with Gasteiger partial charge in [0.25, 0.3) is 0 Å². The highest BCUT2D eigenvalue weighted by Crippen LogP contribution is 2.37. The number of anilines is 1. The summed E-state index contributed by atoms with van der Waals surface area (Å²) in [6.07, 6.45) is 2.66. The van der Waals surface area contributed by atoms with Gasteiger partial charge >= 0.3 is 6.18 Å². The van der Waals surface area contributed by atoms with E-state index in [9.17, 15) is 22.8 Å². The SMILES string of the molecule is C[C@H](NCOCc1ccc(N2CC(CC#N)(n3cc(-c4ncnc5[nH]ccc45)cn3)C2)cc1F)C(F)(F)F. The second-order valence-electron chi connectivity index (χ2n) is 9.29. The predicted octanol–water partition coefficient (Wildman–Crippen LogP) is 4.10. The van der Waals surface area contributed by atoms with Crippen molar-refractivity contribution in [1.82, 2.24) is 30.0 Å². The van der Waals surface area contributed by atoms with Crippen LogP contribution in [0.15, 0.2) is 49.2 Å². The van der Waals surface area contributed by atoms with Crippen LogP contribution < -0.4 is 10.2 Å². The summed E-state index contributed by atoms with van der Waals surface area (Å²) in [6, 6.07) is 7.03. The number of halogens is 4. The maximum atomic E-state index is 14.7. The predicted molar refractivity (Wildman–Crippen MR) is 130 cm³/mol. The van der Waals surface area contributed by atoms with Crippen LogP contribution in [0.4, 0.5) is 23.2 Å². The Morgan fingerprint density at radius 2 is 2.08 bits per heavy atom. The molecule has 5 rings (SSSR count). The normalized spacial score (nSPS) is 15.8. The van der Waals surface area contributed by atoms with E-state index in [4.69, 9.17) is 4.74 Å². The molecule has 1 aliphatic heterocycles. The van der Waals surface area contributed by atoms with Gasteiger partial charge in [0.1, 0.15) is 29.4 Å². The fourth-order valence-electron chi connectivity index (χ4n) is 4.45. The lowest BCUT2D eigenvalue weighted by molar-refractivity contribution is -0.156. The smallest absolute Gasteiger partial charge is 0.366 e. The van der Waals surface area contributed by atoms with Crippen molar-refractivity contribution < 1.29 is 22.3 Å². The average molecular weight is 529 g/mol. The lowest BCUT2D eigenvalue weighted by atomic mass is 9.86. The van der Waals surface area contributed by atoms with Crippen molar-refractivity contribution in [2.24, 2.45) is 0 Å². The first-order chi connectivity index (χ1) is 18.2. The van der Waals surface area contributed by atoms with E-state index in [1.807, 2.05) is 17.2 Å². The number of nitrogens with zero attached hydrogens (tertiary/aromatic N) is 6. The number of benzene rings is 1. The van der Waals surface area contributed by atoms with Crippen LogP contribution in [0.25, 0.3) is 22.3 Å². The Bertz CT molecular complexity index is 1470. The number of hydrogen-bond donors (Lipinski definition) is 2. The first-order valence-corrected chi connectivity index (χ1v) is 11.8. The molecule has 0 bridgehead atoms. The summed E-state index contributed by atoms with van der Waals surface area (Å²) < 4.78 is 59.3. The van der Waals surface area contributed by atoms with Gasteiger partial charge in [0.15, 0.2) is 0 Å². The minimum absolute atomic E-state index is 0.171. The van der Waals surface area contributed by atoms with E-state index < -0.39 is 23.6 Å². The molecule has 1 atom stereocenters. The molecule has 1 fully saturated rings. The fraction of sp³-hybridized carbons (Fsp3) is 0.360. The van der Waals surface area contributed by atoms with Gasteiger partial charge in [0.2, 0.25) is 0 Å². The summed E-state index contributed by atoms with van der Waals surface area (Å²) in [5.41, 5.74) is 2.51. The van der Waals surface area contributed by atoms with Gasteiger partial charge in [0, 0.05) is 47.7 Å². The van der Waals surface area contributed by atoms with Crippen LogP contribution in [0.2, 0.25) is 0 Å². The first kappa shape index (κ1) is 25.6. The number of fused-ring (bicyclic) bond motifs is 1. The zero-order valence-corrected chi connectivity index (χ0v) is 20.3. The monoisotopic (exact) mass is 528 g/mol. The summed E-state index contributed by atoms with van der Waals surface area (Å²) in [7, 11) is 0. The van der Waals surface area contributed by atoms with Crippen molar-refractivity contribution in [2.45, 2.75) is 37.7 Å². The zero-order chi connectivity index (χ0) is 26.9. The third-order valence-corrected chi connectivity index (χ3v) is 6.72. The number of nitrogens with one attached hydrogen (secondary N) is 2. The molecule has 0 aliphatic carbocycles. The van der Waals surface area contributed by atoms with Gasteiger partial charge in [-0.05, 0) is 25.1 Å². The number of alkyl halides is 3. The molecular formula is C25H24F4N8O. The number of rotatable bonds is 9. The maximum absolute atomic E-state index is 14.7. The van der Waals surface area contributed by atoms with E-state index in [2.05, 4.69) is 31.4 Å². The number of aromatic nitrogens is 5. The largest absolute Gasteiger partial charge is 0.403 e. The number of H-pyrrole nitrogens is 1. The molecule has 1 aromatic carbocycles. The molecule has 4 heterocycles. The Morgan fingerprint density at radius 3 is 2.82 bits per heavy atom. The molecule has 0 unspecified atom stereocenters. The van der Waals surface area contributed by atoms with Crippen molar-refractivity contribution in [3.05, 3.63) is 60.6 Å². The maximum Gasteiger partial charge on any atom is 0.403 e. The van der Waals surface area contributed by atoms with E-state index >= 15 is 0 Å². The van der Waals surface area contributed by atoms with Crippen molar-refractivity contribution >= 4 is 16.7 Å². The minimum Gasteiger partial charge on any atom is -0.366 e. The zero-order valence-electron chi connectivity index (χ0n) is 20.3. The average Bonchev–Trinajstić information content (AvgIpc) is 3.54. The van der Waals surface area contributed by atoms with Crippen LogP contribution in [-0.2, 0) is 16.9 Å². The molecule has 1 aliphatic rings. The van der Waals surface area contributed by atoms with Crippen LogP contribution in [0.3, 0.4) is 0 Å². The topological polar surface area (TPSA) is 108 Å². The van der Waals surface area contributed by atoms with Gasteiger partial charge in [0.05, 0.1) is 37.7 Å². The van der Waals surface area contributed by atoms with Crippen molar-refractivity contribution in [3.8, 4) is 17.3 Å². The second kappa shape index (κ2) is 10.0. The molecule has 3 aromatic heterocycles. The Morgan fingerprint density at radius 1 is 1.26 bits per heavy atom. The molecule has 9 nitrogen and oxygen atoms in total. The Labute approximate surface area is 215 Å². The molecule has 2 N–H and O–H groups in total. The molecule has 4 aromatic rings. The molecule has 198 valence electrons. The highest BCUT2D eigenvalue weighted by atomic mass is 19.4. The summed E-state index contributed by atoms with van der Waals surface area (Å²) >= 11 is 0. The van der Waals surface area contributed by atoms with Crippen LogP contribution in [-0.4, -0.2) is 56.8 Å². The molecule has 0 spiro atoms. The van der Waals surface area contributed by atoms with Crippen LogP contribution in [0.1, 0.15) is 18.9 Å². The second-order valence-corrected chi connectivity index (χ2v) is 9.29. The van der Waals surface area contributed by atoms with Crippen LogP contribution >= 0.6 is 0 Å². The highest BCUT2D eigenvalue weighted by molar-refractivity contribution is 5.90. The summed E-state index contributed by atoms with van der Waals surface area (Å²) in [6.45, 7) is 1.34. The van der Waals surface area contributed by atoms with Gasteiger partial charge < -0.3 is 14.6 Å². The van der Waals surface area contributed by atoms with E-state index in [1.54, 1.807) is 29.2 Å².